The van der Waals surface area contributed by atoms with E-state index < -0.39 is 0 Å². The molecule has 0 radical (unpaired) electrons. The molecule has 1 aromatic heterocycles. The van der Waals surface area contributed by atoms with Gasteiger partial charge in [-0.2, -0.15) is 0 Å². The smallest absolute Gasteiger partial charge is 0.147 e. The van der Waals surface area contributed by atoms with Gasteiger partial charge in [0.15, 0.2) is 0 Å². The zero-order valence-corrected chi connectivity index (χ0v) is 11.1. The Morgan fingerprint density at radius 3 is 2.84 bits per heavy atom. The van der Waals surface area contributed by atoms with Crippen molar-refractivity contribution < 1.29 is 0 Å². The van der Waals surface area contributed by atoms with Gasteiger partial charge in [-0.25, -0.2) is 9.97 Å². The fraction of sp³-hybridized carbons (Fsp3) is 0.333. The van der Waals surface area contributed by atoms with Crippen LogP contribution in [0.5, 0.6) is 0 Å². The highest BCUT2D eigenvalue weighted by Gasteiger charge is 2.22. The monoisotopic (exact) mass is 254 g/mol. The summed E-state index contributed by atoms with van der Waals surface area (Å²) < 4.78 is 0. The normalized spacial score (nSPS) is 20.4. The van der Waals surface area contributed by atoms with Crippen molar-refractivity contribution in [2.45, 2.75) is 6.04 Å². The van der Waals surface area contributed by atoms with E-state index in [4.69, 9.17) is 4.98 Å². The lowest BCUT2D eigenvalue weighted by Crippen LogP contribution is -2.44. The Kier molecular flexibility index (Phi) is 3.53. The van der Waals surface area contributed by atoms with Gasteiger partial charge in [-0.3, -0.25) is 4.90 Å². The Balaban J connectivity index is 1.91. The highest BCUT2D eigenvalue weighted by molar-refractivity contribution is 5.58. The predicted molar refractivity (Wildman–Crippen MR) is 75.7 cm³/mol. The van der Waals surface area contributed by atoms with Gasteiger partial charge in [-0.05, 0) is 13.1 Å². The van der Waals surface area contributed by atoms with E-state index in [9.17, 15) is 0 Å². The fourth-order valence-electron chi connectivity index (χ4n) is 2.40. The molecule has 4 heteroatoms. The van der Waals surface area contributed by atoms with Crippen molar-refractivity contribution in [3.05, 3.63) is 48.4 Å². The van der Waals surface area contributed by atoms with E-state index in [0.29, 0.717) is 0 Å². The van der Waals surface area contributed by atoms with E-state index >= 15 is 0 Å². The highest BCUT2D eigenvalue weighted by atomic mass is 15.2. The number of hydrogen-bond donors (Lipinski definition) is 1. The van der Waals surface area contributed by atoms with Crippen LogP contribution in [-0.4, -0.2) is 41.5 Å². The van der Waals surface area contributed by atoms with Crippen LogP contribution in [0.15, 0.2) is 42.6 Å². The van der Waals surface area contributed by atoms with Crippen LogP contribution in [0.1, 0.15) is 11.9 Å². The lowest BCUT2D eigenvalue weighted by atomic mass is 10.1. The minimum absolute atomic E-state index is 0.261. The third kappa shape index (κ3) is 2.64. The number of rotatable bonds is 2. The summed E-state index contributed by atoms with van der Waals surface area (Å²) in [5.41, 5.74) is 2.13. The number of piperazine rings is 1. The maximum Gasteiger partial charge on any atom is 0.147 e. The zero-order valence-electron chi connectivity index (χ0n) is 11.1. The third-order valence-corrected chi connectivity index (χ3v) is 3.55. The number of benzene rings is 1. The van der Waals surface area contributed by atoms with Gasteiger partial charge in [0.25, 0.3) is 0 Å². The average Bonchev–Trinajstić information content (AvgIpc) is 2.49. The average molecular weight is 254 g/mol. The van der Waals surface area contributed by atoms with Crippen LogP contribution in [0.3, 0.4) is 0 Å². The van der Waals surface area contributed by atoms with Gasteiger partial charge in [0, 0.05) is 31.4 Å². The van der Waals surface area contributed by atoms with Crippen molar-refractivity contribution in [3.63, 3.8) is 0 Å². The minimum atomic E-state index is 0.261. The quantitative estimate of drug-likeness (QED) is 0.886. The lowest BCUT2D eigenvalue weighted by Gasteiger charge is -2.31. The molecule has 0 aliphatic carbocycles. The highest BCUT2D eigenvalue weighted by Crippen LogP contribution is 2.21. The van der Waals surface area contributed by atoms with Gasteiger partial charge in [0.1, 0.15) is 5.82 Å². The molecule has 0 amide bonds. The minimum Gasteiger partial charge on any atom is -0.313 e. The maximum atomic E-state index is 4.72. The van der Waals surface area contributed by atoms with Crippen LogP contribution in [0.4, 0.5) is 0 Å². The van der Waals surface area contributed by atoms with Crippen molar-refractivity contribution in [3.8, 4) is 11.3 Å². The largest absolute Gasteiger partial charge is 0.313 e. The van der Waals surface area contributed by atoms with Gasteiger partial charge in [0.05, 0.1) is 11.7 Å². The molecule has 0 saturated carbocycles. The predicted octanol–water partition coefficient (Wildman–Crippen LogP) is 1.72. The number of aromatic nitrogens is 2. The summed E-state index contributed by atoms with van der Waals surface area (Å²) in [5.74, 6) is 0.899. The molecule has 19 heavy (non-hydrogen) atoms. The number of nitrogens with one attached hydrogen (secondary N) is 1. The summed E-state index contributed by atoms with van der Waals surface area (Å²) in [5, 5.41) is 3.40. The zero-order chi connectivity index (χ0) is 13.1. The van der Waals surface area contributed by atoms with E-state index in [0.717, 1.165) is 36.7 Å². The van der Waals surface area contributed by atoms with Gasteiger partial charge in [0.2, 0.25) is 0 Å². The molecule has 1 aliphatic heterocycles. The van der Waals surface area contributed by atoms with Crippen LogP contribution in [0.2, 0.25) is 0 Å². The molecule has 1 aliphatic rings. The third-order valence-electron chi connectivity index (χ3n) is 3.55. The summed E-state index contributed by atoms with van der Waals surface area (Å²) in [7, 11) is 2.13. The molecule has 2 aromatic rings. The molecule has 0 bridgehead atoms. The first-order valence-corrected chi connectivity index (χ1v) is 6.64. The molecule has 4 nitrogen and oxygen atoms in total. The van der Waals surface area contributed by atoms with Gasteiger partial charge in [-0.15, -0.1) is 0 Å². The summed E-state index contributed by atoms with van der Waals surface area (Å²) >= 11 is 0. The Morgan fingerprint density at radius 1 is 1.21 bits per heavy atom. The summed E-state index contributed by atoms with van der Waals surface area (Å²) in [4.78, 5) is 11.5. The van der Waals surface area contributed by atoms with Gasteiger partial charge < -0.3 is 5.32 Å². The molecule has 1 atom stereocenters. The van der Waals surface area contributed by atoms with Crippen molar-refractivity contribution in [1.82, 2.24) is 20.2 Å². The Bertz CT molecular complexity index is 541. The Morgan fingerprint density at radius 2 is 2.05 bits per heavy atom. The first-order chi connectivity index (χ1) is 9.34. The van der Waals surface area contributed by atoms with E-state index in [-0.39, 0.29) is 6.04 Å². The maximum absolute atomic E-state index is 4.72. The Labute approximate surface area is 113 Å². The molecule has 1 fully saturated rings. The number of likely N-dealkylation sites (N-methyl/N-ethyl adjacent to an activating group) is 1. The van der Waals surface area contributed by atoms with Crippen LogP contribution in [0.25, 0.3) is 11.3 Å². The van der Waals surface area contributed by atoms with Crippen molar-refractivity contribution >= 4 is 0 Å². The van der Waals surface area contributed by atoms with E-state index in [2.05, 4.69) is 34.4 Å². The Hall–Kier alpha value is -1.78. The van der Waals surface area contributed by atoms with E-state index in [1.165, 1.54) is 0 Å². The molecule has 98 valence electrons. The summed E-state index contributed by atoms with van der Waals surface area (Å²) in [6.45, 7) is 2.98. The molecule has 0 spiro atoms. The fourth-order valence-corrected chi connectivity index (χ4v) is 2.40. The molecule has 1 aromatic carbocycles. The summed E-state index contributed by atoms with van der Waals surface area (Å²) in [6, 6.07) is 12.5. The van der Waals surface area contributed by atoms with Crippen LogP contribution in [-0.2, 0) is 0 Å². The number of hydrogen-bond acceptors (Lipinski definition) is 4. The van der Waals surface area contributed by atoms with Gasteiger partial charge in [-0.1, -0.05) is 30.3 Å². The topological polar surface area (TPSA) is 41.0 Å². The first kappa shape index (κ1) is 12.3. The second-order valence-corrected chi connectivity index (χ2v) is 4.87. The van der Waals surface area contributed by atoms with Crippen LogP contribution >= 0.6 is 0 Å². The molecule has 2 heterocycles. The second kappa shape index (κ2) is 5.47. The SMILES string of the molecule is CN1CCNCC1c1nccc(-c2ccccc2)n1. The van der Waals surface area contributed by atoms with Crippen molar-refractivity contribution in [2.24, 2.45) is 0 Å². The second-order valence-electron chi connectivity index (χ2n) is 4.87. The molecule has 1 unspecified atom stereocenters. The molecule has 1 saturated heterocycles. The van der Waals surface area contributed by atoms with Crippen molar-refractivity contribution in [2.75, 3.05) is 26.7 Å². The van der Waals surface area contributed by atoms with Crippen molar-refractivity contribution in [1.29, 1.82) is 0 Å². The first-order valence-electron chi connectivity index (χ1n) is 6.64. The van der Waals surface area contributed by atoms with E-state index in [1.807, 2.05) is 30.5 Å². The molecule has 3 rings (SSSR count). The van der Waals surface area contributed by atoms with Gasteiger partial charge >= 0.3 is 0 Å². The van der Waals surface area contributed by atoms with E-state index in [1.54, 1.807) is 0 Å². The van der Waals surface area contributed by atoms with Crippen LogP contribution < -0.4 is 5.32 Å². The standard InChI is InChI=1S/C15H18N4/c1-19-10-9-16-11-14(19)15-17-8-7-13(18-15)12-5-3-2-4-6-12/h2-8,14,16H,9-11H2,1H3. The molecular formula is C15H18N4. The molecular weight excluding hydrogens is 236 g/mol. The molecule has 1 N–H and O–H groups in total. The number of nitrogens with zero attached hydrogens (tertiary/aromatic N) is 3. The lowest BCUT2D eigenvalue weighted by molar-refractivity contribution is 0.194. The van der Waals surface area contributed by atoms with Crippen LogP contribution in [0, 0.1) is 0 Å². The summed E-state index contributed by atoms with van der Waals surface area (Å²) in [6.07, 6.45) is 1.85.